The second kappa shape index (κ2) is 9.15. The van der Waals surface area contributed by atoms with Gasteiger partial charge in [0.2, 0.25) is 0 Å². The highest BCUT2D eigenvalue weighted by atomic mass is 35.5. The molecule has 0 aliphatic carbocycles. The normalized spacial score (nSPS) is 10.7. The molecule has 0 aliphatic heterocycles. The summed E-state index contributed by atoms with van der Waals surface area (Å²) in [6.07, 6.45) is 1.85. The Morgan fingerprint density at radius 3 is 2.73 bits per heavy atom. The molecular formula is C23H20ClN3O2S. The topological polar surface area (TPSA) is 56.2 Å². The number of ether oxygens (including phenoxy) is 1. The highest BCUT2D eigenvalue weighted by molar-refractivity contribution is 7.12. The summed E-state index contributed by atoms with van der Waals surface area (Å²) in [6, 6.07) is 19.2. The summed E-state index contributed by atoms with van der Waals surface area (Å²) in [4.78, 5) is 13.1. The van der Waals surface area contributed by atoms with E-state index in [9.17, 15) is 4.79 Å². The molecule has 0 spiro atoms. The fourth-order valence-corrected chi connectivity index (χ4v) is 3.85. The fraction of sp³-hybridized carbons (Fsp3) is 0.130. The van der Waals surface area contributed by atoms with Crippen LogP contribution >= 0.6 is 22.9 Å². The lowest BCUT2D eigenvalue weighted by molar-refractivity contribution is 0.103. The zero-order valence-corrected chi connectivity index (χ0v) is 17.9. The molecule has 0 unspecified atom stereocenters. The van der Waals surface area contributed by atoms with E-state index in [1.807, 2.05) is 35.8 Å². The van der Waals surface area contributed by atoms with Crippen LogP contribution in [0.2, 0.25) is 5.02 Å². The molecule has 1 N–H and O–H groups in total. The van der Waals surface area contributed by atoms with E-state index in [4.69, 9.17) is 16.3 Å². The Kier molecular flexibility index (Phi) is 6.16. The highest BCUT2D eigenvalue weighted by Gasteiger charge is 2.12. The number of carbonyl (C=O) groups excluding carboxylic acids is 1. The van der Waals surface area contributed by atoms with Crippen LogP contribution in [0.15, 0.2) is 72.2 Å². The van der Waals surface area contributed by atoms with E-state index in [1.54, 1.807) is 16.8 Å². The van der Waals surface area contributed by atoms with Crippen molar-refractivity contribution in [3.8, 4) is 5.75 Å². The van der Waals surface area contributed by atoms with Gasteiger partial charge in [-0.15, -0.1) is 11.3 Å². The number of carbonyl (C=O) groups is 1. The first-order valence-electron chi connectivity index (χ1n) is 9.42. The van der Waals surface area contributed by atoms with Crippen LogP contribution in [0, 0.1) is 6.92 Å². The summed E-state index contributed by atoms with van der Waals surface area (Å²) in [5, 5.41) is 9.75. The molecule has 0 fully saturated rings. The van der Waals surface area contributed by atoms with Crippen molar-refractivity contribution in [2.45, 2.75) is 20.1 Å². The van der Waals surface area contributed by atoms with Gasteiger partial charge in [-0.1, -0.05) is 53.6 Å². The number of nitrogens with zero attached hydrogens (tertiary/aromatic N) is 2. The maximum absolute atomic E-state index is 12.5. The number of nitrogens with one attached hydrogen (secondary N) is 1. The molecule has 0 atom stereocenters. The van der Waals surface area contributed by atoms with E-state index in [2.05, 4.69) is 41.6 Å². The van der Waals surface area contributed by atoms with Crippen molar-refractivity contribution in [2.75, 3.05) is 5.32 Å². The molecule has 30 heavy (non-hydrogen) atoms. The van der Waals surface area contributed by atoms with Gasteiger partial charge in [-0.25, -0.2) is 0 Å². The summed E-state index contributed by atoms with van der Waals surface area (Å²) < 4.78 is 7.53. The molecular weight excluding hydrogens is 418 g/mol. The molecule has 4 rings (SSSR count). The van der Waals surface area contributed by atoms with Crippen molar-refractivity contribution in [1.82, 2.24) is 9.78 Å². The molecule has 4 aromatic rings. The number of thiophene rings is 1. The van der Waals surface area contributed by atoms with Gasteiger partial charge in [0.15, 0.2) is 5.82 Å². The molecule has 2 heterocycles. The van der Waals surface area contributed by atoms with Gasteiger partial charge in [0.1, 0.15) is 12.4 Å². The largest absolute Gasteiger partial charge is 0.487 e. The minimum Gasteiger partial charge on any atom is -0.487 e. The Morgan fingerprint density at radius 2 is 1.93 bits per heavy atom. The number of aromatic nitrogens is 2. The third-order valence-corrected chi connectivity index (χ3v) is 5.75. The number of para-hydroxylation sites is 1. The molecule has 152 valence electrons. The van der Waals surface area contributed by atoms with E-state index in [-0.39, 0.29) is 5.91 Å². The number of halogens is 1. The van der Waals surface area contributed by atoms with Crippen molar-refractivity contribution in [2.24, 2.45) is 0 Å². The number of rotatable bonds is 7. The number of hydrogen-bond donors (Lipinski definition) is 1. The maximum atomic E-state index is 12.5. The maximum Gasteiger partial charge on any atom is 0.266 e. The van der Waals surface area contributed by atoms with Crippen molar-refractivity contribution in [1.29, 1.82) is 0 Å². The van der Waals surface area contributed by atoms with Gasteiger partial charge in [0.05, 0.1) is 16.4 Å². The third kappa shape index (κ3) is 5.09. The molecule has 1 amide bonds. The quantitative estimate of drug-likeness (QED) is 0.398. The monoisotopic (exact) mass is 437 g/mol. The zero-order valence-electron chi connectivity index (χ0n) is 16.3. The number of aryl methyl sites for hydroxylation is 1. The zero-order chi connectivity index (χ0) is 20.9. The van der Waals surface area contributed by atoms with Crippen LogP contribution in [0.25, 0.3) is 0 Å². The van der Waals surface area contributed by atoms with Gasteiger partial charge >= 0.3 is 0 Å². The van der Waals surface area contributed by atoms with E-state index in [0.29, 0.717) is 34.6 Å². The molecule has 2 aromatic heterocycles. The van der Waals surface area contributed by atoms with Crippen LogP contribution in [0.4, 0.5) is 5.82 Å². The molecule has 5 nitrogen and oxygen atoms in total. The summed E-state index contributed by atoms with van der Waals surface area (Å²) in [5.41, 5.74) is 3.29. The van der Waals surface area contributed by atoms with Crippen LogP contribution in [0.5, 0.6) is 5.75 Å². The Bertz CT molecular complexity index is 1150. The summed E-state index contributed by atoms with van der Waals surface area (Å²) >= 11 is 7.47. The second-order valence-corrected chi connectivity index (χ2v) is 8.20. The molecule has 0 saturated heterocycles. The van der Waals surface area contributed by atoms with Crippen LogP contribution in [0.1, 0.15) is 26.4 Å². The Hall–Kier alpha value is -3.09. The van der Waals surface area contributed by atoms with Crippen molar-refractivity contribution in [3.63, 3.8) is 0 Å². The van der Waals surface area contributed by atoms with Crippen molar-refractivity contribution in [3.05, 3.63) is 98.8 Å². The summed E-state index contributed by atoms with van der Waals surface area (Å²) in [6.45, 7) is 3.06. The number of anilines is 1. The average Bonchev–Trinajstić information content (AvgIpc) is 3.39. The lowest BCUT2D eigenvalue weighted by Crippen LogP contribution is -2.11. The lowest BCUT2D eigenvalue weighted by atomic mass is 10.1. The highest BCUT2D eigenvalue weighted by Crippen LogP contribution is 2.25. The van der Waals surface area contributed by atoms with Gasteiger partial charge in [-0.05, 0) is 36.1 Å². The van der Waals surface area contributed by atoms with E-state index < -0.39 is 0 Å². The standard InChI is InChI=1S/C23H20ClN3O2S/c1-16-6-8-17(9-7-16)13-27-11-10-22(26-27)25-23(28)21-12-18(15-30-21)14-29-20-5-3-2-4-19(20)24/h2-12,15H,13-14H2,1H3,(H,25,26,28). The predicted octanol–water partition coefficient (Wildman–Crippen LogP) is 5.79. The Balaban J connectivity index is 1.34. The van der Waals surface area contributed by atoms with Gasteiger partial charge in [0.25, 0.3) is 5.91 Å². The van der Waals surface area contributed by atoms with E-state index in [1.165, 1.54) is 16.9 Å². The van der Waals surface area contributed by atoms with Crippen LogP contribution in [0.3, 0.4) is 0 Å². The lowest BCUT2D eigenvalue weighted by Gasteiger charge is -2.06. The van der Waals surface area contributed by atoms with Gasteiger partial charge in [-0.2, -0.15) is 5.10 Å². The smallest absolute Gasteiger partial charge is 0.266 e. The molecule has 0 saturated carbocycles. The molecule has 7 heteroatoms. The van der Waals surface area contributed by atoms with Crippen molar-refractivity contribution < 1.29 is 9.53 Å². The Morgan fingerprint density at radius 1 is 1.13 bits per heavy atom. The van der Waals surface area contributed by atoms with Crippen LogP contribution in [-0.2, 0) is 13.2 Å². The molecule has 0 aliphatic rings. The van der Waals surface area contributed by atoms with Gasteiger partial charge < -0.3 is 10.1 Å². The van der Waals surface area contributed by atoms with Crippen molar-refractivity contribution >= 4 is 34.7 Å². The van der Waals surface area contributed by atoms with E-state index >= 15 is 0 Å². The first-order chi connectivity index (χ1) is 14.6. The van der Waals surface area contributed by atoms with Crippen LogP contribution in [-0.4, -0.2) is 15.7 Å². The first kappa shape index (κ1) is 20.2. The number of benzene rings is 2. The SMILES string of the molecule is Cc1ccc(Cn2ccc(NC(=O)c3cc(COc4ccccc4Cl)cs3)n2)cc1. The first-order valence-corrected chi connectivity index (χ1v) is 10.7. The summed E-state index contributed by atoms with van der Waals surface area (Å²) in [5.74, 6) is 0.953. The molecule has 2 aromatic carbocycles. The van der Waals surface area contributed by atoms with E-state index in [0.717, 1.165) is 11.1 Å². The third-order valence-electron chi connectivity index (χ3n) is 4.46. The average molecular weight is 438 g/mol. The Labute approximate surface area is 183 Å². The minimum atomic E-state index is -0.190. The van der Waals surface area contributed by atoms with Gasteiger partial charge in [0, 0.05) is 17.8 Å². The summed E-state index contributed by atoms with van der Waals surface area (Å²) in [7, 11) is 0. The second-order valence-electron chi connectivity index (χ2n) is 6.88. The number of hydrogen-bond acceptors (Lipinski definition) is 4. The minimum absolute atomic E-state index is 0.190. The number of amides is 1. The predicted molar refractivity (Wildman–Crippen MR) is 121 cm³/mol. The molecule has 0 bridgehead atoms. The fourth-order valence-electron chi connectivity index (χ4n) is 2.87. The van der Waals surface area contributed by atoms with Gasteiger partial charge in [-0.3, -0.25) is 9.48 Å². The molecule has 0 radical (unpaired) electrons. The van der Waals surface area contributed by atoms with Crippen LogP contribution < -0.4 is 10.1 Å².